The number of anilines is 4. The van der Waals surface area contributed by atoms with Gasteiger partial charge in [-0.3, -0.25) is 34.7 Å². The number of guanidine groups is 2. The molecule has 0 unspecified atom stereocenters. The molecule has 18 heteroatoms. The lowest BCUT2D eigenvalue weighted by Gasteiger charge is -2.25. The Morgan fingerprint density at radius 2 is 0.987 bits per heavy atom. The summed E-state index contributed by atoms with van der Waals surface area (Å²) in [6.45, 7) is 8.30. The molecule has 0 bridgehead atoms. The van der Waals surface area contributed by atoms with Crippen molar-refractivity contribution in [3.05, 3.63) is 166 Å². The van der Waals surface area contributed by atoms with E-state index in [1.807, 2.05) is 57.2 Å². The maximum Gasteiger partial charge on any atom is 0.446 e. The highest BCUT2D eigenvalue weighted by molar-refractivity contribution is 6.11. The third-order valence-corrected chi connectivity index (χ3v) is 12.7. The smallest absolute Gasteiger partial charge is 0.443 e. The van der Waals surface area contributed by atoms with Crippen LogP contribution in [0.2, 0.25) is 0 Å². The Morgan fingerprint density at radius 3 is 1.37 bits per heavy atom. The number of fused-ring (bicyclic) bond motifs is 4. The van der Waals surface area contributed by atoms with Gasteiger partial charge in [0.15, 0.2) is 5.96 Å². The molecule has 0 saturated heterocycles. The van der Waals surface area contributed by atoms with E-state index in [4.69, 9.17) is 41.0 Å². The van der Waals surface area contributed by atoms with Crippen LogP contribution in [0.1, 0.15) is 65.3 Å². The monoisotopic (exact) mass is 1010 g/mol. The Hall–Kier alpha value is -8.93. The Morgan fingerprint density at radius 1 is 0.587 bits per heavy atom. The third-order valence-electron chi connectivity index (χ3n) is 12.7. The molecule has 6 aromatic carbocycles. The van der Waals surface area contributed by atoms with Gasteiger partial charge in [0.05, 0.1) is 65.2 Å². The van der Waals surface area contributed by atoms with Crippen molar-refractivity contribution in [3.63, 3.8) is 0 Å². The van der Waals surface area contributed by atoms with Gasteiger partial charge in [-0.1, -0.05) is 72.8 Å². The van der Waals surface area contributed by atoms with E-state index >= 15 is 0 Å². The lowest BCUT2D eigenvalue weighted by atomic mass is 9.99. The van der Waals surface area contributed by atoms with Crippen molar-refractivity contribution in [2.45, 2.75) is 58.2 Å². The van der Waals surface area contributed by atoms with Crippen LogP contribution in [0, 0.1) is 0 Å². The van der Waals surface area contributed by atoms with Gasteiger partial charge in [0.1, 0.15) is 5.60 Å². The fourth-order valence-corrected chi connectivity index (χ4v) is 9.09. The number of carbonyl (C=O) groups excluding carboxylic acids is 2. The molecule has 15 nitrogen and oxygen atoms in total. The van der Waals surface area contributed by atoms with E-state index in [-0.39, 0.29) is 0 Å². The number of aliphatic imine (C=N–C) groups is 6. The molecule has 75 heavy (non-hydrogen) atoms. The minimum atomic E-state index is -4.64. The van der Waals surface area contributed by atoms with Crippen molar-refractivity contribution in [3.8, 4) is 0 Å². The second-order valence-electron chi connectivity index (χ2n) is 19.5. The van der Waals surface area contributed by atoms with Crippen molar-refractivity contribution in [1.82, 2.24) is 10.2 Å². The van der Waals surface area contributed by atoms with Gasteiger partial charge < -0.3 is 32.2 Å². The van der Waals surface area contributed by atoms with Crippen molar-refractivity contribution in [1.29, 1.82) is 0 Å². The molecule has 6 aromatic rings. The normalized spacial score (nSPS) is 15.7. The summed E-state index contributed by atoms with van der Waals surface area (Å²) < 4.78 is 36.8. The first-order valence-corrected chi connectivity index (χ1v) is 24.4. The third kappa shape index (κ3) is 11.8. The Balaban J connectivity index is 0.000000157. The van der Waals surface area contributed by atoms with E-state index in [1.165, 1.54) is 27.2 Å². The summed E-state index contributed by atoms with van der Waals surface area (Å²) in [5.74, 6) is 1.33. The highest BCUT2D eigenvalue weighted by Gasteiger charge is 2.30. The molecular weight excluding hydrogens is 958 g/mol. The lowest BCUT2D eigenvalue weighted by molar-refractivity contribution is -0.156. The van der Waals surface area contributed by atoms with E-state index in [9.17, 15) is 18.0 Å². The average Bonchev–Trinajstić information content (AvgIpc) is 4.27. The summed E-state index contributed by atoms with van der Waals surface area (Å²) in [5.41, 5.74) is 32.1. The van der Waals surface area contributed by atoms with Crippen LogP contribution in [-0.4, -0.2) is 90.0 Å². The van der Waals surface area contributed by atoms with Crippen LogP contribution in [0.25, 0.3) is 0 Å². The van der Waals surface area contributed by atoms with Gasteiger partial charge in [-0.15, -0.1) is 0 Å². The summed E-state index contributed by atoms with van der Waals surface area (Å²) in [7, 11) is 0. The number of alkyl halides is 3. The molecule has 0 aromatic heterocycles. The van der Waals surface area contributed by atoms with Gasteiger partial charge >= 0.3 is 12.3 Å². The molecule has 0 atom stereocenters. The molecule has 6 aliphatic rings. The molecule has 0 aliphatic carbocycles. The maximum atomic E-state index is 12.6. The molecule has 0 saturated carbocycles. The molecule has 7 N–H and O–H groups in total. The van der Waals surface area contributed by atoms with Crippen LogP contribution >= 0.6 is 0 Å². The molecule has 6 aliphatic heterocycles. The summed E-state index contributed by atoms with van der Waals surface area (Å²) >= 11 is 0. The van der Waals surface area contributed by atoms with Gasteiger partial charge in [-0.2, -0.15) is 13.2 Å². The number of hydrogen-bond acceptors (Lipinski definition) is 14. The second-order valence-corrected chi connectivity index (χ2v) is 19.5. The van der Waals surface area contributed by atoms with E-state index in [0.29, 0.717) is 19.0 Å². The predicted molar refractivity (Wildman–Crippen MR) is 292 cm³/mol. The molecular formula is C57H53F3N12O3. The topological polar surface area (TPSA) is 209 Å². The number of hydrogen-bond donors (Lipinski definition) is 5. The van der Waals surface area contributed by atoms with Gasteiger partial charge in [0.25, 0.3) is 0 Å². The van der Waals surface area contributed by atoms with Gasteiger partial charge in [0.2, 0.25) is 12.2 Å². The van der Waals surface area contributed by atoms with Crippen LogP contribution < -0.4 is 27.4 Å². The van der Waals surface area contributed by atoms with Crippen LogP contribution in [0.15, 0.2) is 151 Å². The minimum absolute atomic E-state index is 0.400. The number of nitrogens with two attached hydrogens (primary N) is 2. The van der Waals surface area contributed by atoms with Gasteiger partial charge in [-0.05, 0) is 114 Å². The van der Waals surface area contributed by atoms with Crippen LogP contribution in [0.4, 0.5) is 63.5 Å². The fourth-order valence-electron chi connectivity index (χ4n) is 9.09. The van der Waals surface area contributed by atoms with Gasteiger partial charge in [-0.25, -0.2) is 9.69 Å². The first-order valence-electron chi connectivity index (χ1n) is 24.4. The molecule has 0 fully saturated rings. The van der Waals surface area contributed by atoms with Crippen LogP contribution in [0.5, 0.6) is 0 Å². The largest absolute Gasteiger partial charge is 0.446 e. The molecule has 380 valence electrons. The number of amides is 1. The number of nitrogens with one attached hydrogen (secondary N) is 3. The molecule has 1 amide bonds. The highest BCUT2D eigenvalue weighted by atomic mass is 19.4. The Kier molecular flexibility index (Phi) is 13.6. The number of ether oxygens (including phenoxy) is 1. The van der Waals surface area contributed by atoms with Crippen LogP contribution in [-0.2, 0) is 35.2 Å². The second kappa shape index (κ2) is 20.5. The Bertz CT molecular complexity index is 3430. The summed E-state index contributed by atoms with van der Waals surface area (Å²) in [4.78, 5) is 51.0. The fraction of sp³-hybridized carbons (Fsp3) is 0.228. The van der Waals surface area contributed by atoms with E-state index in [0.717, 1.165) is 135 Å². The maximum absolute atomic E-state index is 12.6. The molecule has 6 heterocycles. The number of carbonyl (C=O) groups is 2. The number of nitrogen functional groups attached to an aromatic ring is 2. The number of nitrogens with zero attached hydrogens (tertiary/aromatic N) is 7. The zero-order valence-electron chi connectivity index (χ0n) is 41.4. The zero-order valence-corrected chi connectivity index (χ0v) is 41.4. The molecule has 0 radical (unpaired) electrons. The average molecular weight is 1010 g/mol. The van der Waals surface area contributed by atoms with E-state index in [2.05, 4.69) is 111 Å². The first kappa shape index (κ1) is 49.6. The highest BCUT2D eigenvalue weighted by Crippen LogP contribution is 2.36. The van der Waals surface area contributed by atoms with Gasteiger partial charge in [0, 0.05) is 55.0 Å². The lowest BCUT2D eigenvalue weighted by Crippen LogP contribution is -2.41. The van der Waals surface area contributed by atoms with Crippen molar-refractivity contribution < 1.29 is 27.5 Å². The zero-order chi connectivity index (χ0) is 52.4. The SMILES string of the molecule is CC(C)(C)OC(=O)N1CCN=C1Nc1ccc2c(c1)N=C(c1ccc(C3=Nc4cc(N)ccc4C3)cc1)C2.Nc1ccc2c(c1)N=C(c1ccc(C3=Nc4cc(NC5=NCCN5)ccc4C3)cc1)C2.O=CC(F)(F)F. The Labute approximate surface area is 431 Å². The van der Waals surface area contributed by atoms with Crippen molar-refractivity contribution in [2.75, 3.05) is 48.3 Å². The number of aldehydes is 1. The minimum Gasteiger partial charge on any atom is -0.443 e. The summed E-state index contributed by atoms with van der Waals surface area (Å²) in [5, 5.41) is 9.83. The number of halogens is 3. The van der Waals surface area contributed by atoms with Crippen molar-refractivity contribution in [2.24, 2.45) is 30.0 Å². The predicted octanol–water partition coefficient (Wildman–Crippen LogP) is 10.4. The molecule has 0 spiro atoms. The van der Waals surface area contributed by atoms with E-state index in [1.54, 1.807) is 0 Å². The first-order chi connectivity index (χ1) is 36.0. The quantitative estimate of drug-likeness (QED) is 0.0799. The number of benzene rings is 6. The van der Waals surface area contributed by atoms with E-state index < -0.39 is 24.2 Å². The standard InChI is InChI=1S/C30H30N6O2.C25H22N6.C2HF3O/c1-30(2,3)38-29(37)36-13-12-32-28(36)33-23-11-9-21-15-25(35-27(21)17-23)19-6-4-18(5-7-19)24-14-20-8-10-22(31)16-26(20)34-24;26-19-7-5-17-11-21(30-23(17)13-19)15-1-3-16(4-2-15)22-12-18-6-8-20(14-24(18)31-22)29-25-27-9-10-28-25;3-2(4,5)1-6/h4-11,16-17H,12-15,31H2,1-3H3,(H,32,33);1-8,13-14H,9-12,26H2,(H2,27,28,29);1H. The molecule has 12 rings (SSSR count). The summed E-state index contributed by atoms with van der Waals surface area (Å²) in [6.07, 6.45) is -2.83. The van der Waals surface area contributed by atoms with Crippen molar-refractivity contribution >= 4 is 92.6 Å². The summed E-state index contributed by atoms with van der Waals surface area (Å²) in [6, 6.07) is 41.3. The van der Waals surface area contributed by atoms with Crippen LogP contribution in [0.3, 0.4) is 0 Å². The number of rotatable bonds is 6.